The minimum Gasteiger partial charge on any atom is -0.399 e. The average Bonchev–Trinajstić information content (AvgIpc) is 2.27. The van der Waals surface area contributed by atoms with E-state index in [-0.39, 0.29) is 24.6 Å². The van der Waals surface area contributed by atoms with Gasteiger partial charge < -0.3 is 10.6 Å². The summed E-state index contributed by atoms with van der Waals surface area (Å²) in [4.78, 5) is 12.7. The third-order valence-electron chi connectivity index (χ3n) is 2.47. The highest BCUT2D eigenvalue weighted by molar-refractivity contribution is 7.88. The molecule has 19 heavy (non-hydrogen) atoms. The molecule has 1 aromatic rings. The Hall–Kier alpha value is -1.60. The summed E-state index contributed by atoms with van der Waals surface area (Å²) in [5, 5.41) is 0. The summed E-state index contributed by atoms with van der Waals surface area (Å²) in [6.07, 6.45) is 0.142. The van der Waals surface area contributed by atoms with Gasteiger partial charge in [0.15, 0.2) is 0 Å². The zero-order valence-electron chi connectivity index (χ0n) is 11.1. The van der Waals surface area contributed by atoms with Gasteiger partial charge in [0, 0.05) is 32.7 Å². The molecule has 0 spiro atoms. The van der Waals surface area contributed by atoms with Gasteiger partial charge in [0.1, 0.15) is 0 Å². The molecule has 0 bridgehead atoms. The van der Waals surface area contributed by atoms with Crippen LogP contribution in [0.2, 0.25) is 0 Å². The number of sulfonamides is 1. The number of nitrogens with two attached hydrogens (primary N) is 1. The molecule has 3 N–H and O–H groups in total. The van der Waals surface area contributed by atoms with E-state index in [1.165, 1.54) is 4.90 Å². The number of carbonyl (C=O) groups is 1. The molecule has 1 rings (SSSR count). The number of amides is 1. The zero-order chi connectivity index (χ0) is 14.5. The minimum absolute atomic E-state index is 0.0989. The van der Waals surface area contributed by atoms with Crippen LogP contribution in [0.25, 0.3) is 0 Å². The number of nitrogen functional groups attached to an aromatic ring is 1. The molecule has 0 atom stereocenters. The second kappa shape index (κ2) is 6.53. The highest BCUT2D eigenvalue weighted by Crippen LogP contribution is 2.09. The number of nitrogens with one attached hydrogen (secondary N) is 1. The van der Waals surface area contributed by atoms with E-state index in [1.807, 2.05) is 0 Å². The third-order valence-corrected chi connectivity index (χ3v) is 3.82. The van der Waals surface area contributed by atoms with Crippen LogP contribution in [0, 0.1) is 0 Å². The van der Waals surface area contributed by atoms with E-state index in [4.69, 9.17) is 5.73 Å². The fourth-order valence-corrected chi connectivity index (χ4v) is 2.62. The summed E-state index contributed by atoms with van der Waals surface area (Å²) in [7, 11) is -0.192. The van der Waals surface area contributed by atoms with E-state index >= 15 is 0 Å². The molecule has 106 valence electrons. The molecule has 0 saturated carbocycles. The van der Waals surface area contributed by atoms with E-state index in [2.05, 4.69) is 4.72 Å². The molecule has 7 heteroatoms. The Morgan fingerprint density at radius 2 is 2.05 bits per heavy atom. The van der Waals surface area contributed by atoms with Crippen LogP contribution in [0.4, 0.5) is 5.69 Å². The molecule has 1 amide bonds. The van der Waals surface area contributed by atoms with Gasteiger partial charge in [-0.3, -0.25) is 4.79 Å². The van der Waals surface area contributed by atoms with Crippen molar-refractivity contribution in [3.63, 3.8) is 0 Å². The van der Waals surface area contributed by atoms with Crippen LogP contribution in [0.15, 0.2) is 24.3 Å². The Labute approximate surface area is 113 Å². The fourth-order valence-electron chi connectivity index (χ4n) is 1.49. The number of anilines is 1. The zero-order valence-corrected chi connectivity index (χ0v) is 11.9. The molecular weight excluding hydrogens is 266 g/mol. The second-order valence-corrected chi connectivity index (χ2v) is 6.24. The first-order chi connectivity index (χ1) is 8.80. The number of nitrogens with zero attached hydrogens (tertiary/aromatic N) is 1. The van der Waals surface area contributed by atoms with Crippen LogP contribution >= 0.6 is 0 Å². The lowest BCUT2D eigenvalue weighted by Crippen LogP contribution is -2.31. The standard InChI is InChI=1S/C12H19N3O3S/c1-15(2)12(16)6-7-14-19(17,18)9-10-4-3-5-11(13)8-10/h3-5,8,14H,6-7,9,13H2,1-2H3. The van der Waals surface area contributed by atoms with Gasteiger partial charge in [-0.15, -0.1) is 0 Å². The van der Waals surface area contributed by atoms with Crippen molar-refractivity contribution >= 4 is 21.6 Å². The molecule has 0 aliphatic heterocycles. The van der Waals surface area contributed by atoms with Crippen LogP contribution in [-0.2, 0) is 20.6 Å². The predicted molar refractivity (Wildman–Crippen MR) is 74.8 cm³/mol. The Morgan fingerprint density at radius 3 is 2.63 bits per heavy atom. The summed E-state index contributed by atoms with van der Waals surface area (Å²) >= 11 is 0. The van der Waals surface area contributed by atoms with Crippen LogP contribution in [0.3, 0.4) is 0 Å². The predicted octanol–water partition coefficient (Wildman–Crippen LogP) is 0.167. The van der Waals surface area contributed by atoms with Crippen molar-refractivity contribution in [2.24, 2.45) is 0 Å². The lowest BCUT2D eigenvalue weighted by molar-refractivity contribution is -0.128. The Morgan fingerprint density at radius 1 is 1.37 bits per heavy atom. The third kappa shape index (κ3) is 5.71. The lowest BCUT2D eigenvalue weighted by atomic mass is 10.2. The number of carbonyl (C=O) groups excluding carboxylic acids is 1. The van der Waals surface area contributed by atoms with E-state index in [9.17, 15) is 13.2 Å². The van der Waals surface area contributed by atoms with Crippen molar-refractivity contribution in [2.75, 3.05) is 26.4 Å². The fraction of sp³-hybridized carbons (Fsp3) is 0.417. The molecular formula is C12H19N3O3S. The number of hydrogen-bond donors (Lipinski definition) is 2. The van der Waals surface area contributed by atoms with E-state index < -0.39 is 10.0 Å². The maximum Gasteiger partial charge on any atom is 0.223 e. The molecule has 1 aromatic carbocycles. The summed E-state index contributed by atoms with van der Waals surface area (Å²) in [6.45, 7) is 0.0989. The van der Waals surface area contributed by atoms with Gasteiger partial charge in [-0.2, -0.15) is 0 Å². The van der Waals surface area contributed by atoms with Gasteiger partial charge in [0.05, 0.1) is 5.75 Å². The summed E-state index contributed by atoms with van der Waals surface area (Å²) in [5.74, 6) is -0.263. The minimum atomic E-state index is -3.45. The maximum absolute atomic E-state index is 11.8. The van der Waals surface area contributed by atoms with E-state index in [0.717, 1.165) is 0 Å². The van der Waals surface area contributed by atoms with Gasteiger partial charge >= 0.3 is 0 Å². The Balaban J connectivity index is 2.51. The highest BCUT2D eigenvalue weighted by Gasteiger charge is 2.12. The quantitative estimate of drug-likeness (QED) is 0.729. The first kappa shape index (κ1) is 15.5. The monoisotopic (exact) mass is 285 g/mol. The number of hydrogen-bond acceptors (Lipinski definition) is 4. The van der Waals surface area contributed by atoms with Gasteiger partial charge in [-0.05, 0) is 17.7 Å². The van der Waals surface area contributed by atoms with E-state index in [0.29, 0.717) is 11.3 Å². The highest BCUT2D eigenvalue weighted by atomic mass is 32.2. The average molecular weight is 285 g/mol. The van der Waals surface area contributed by atoms with Gasteiger partial charge in [0.2, 0.25) is 15.9 Å². The van der Waals surface area contributed by atoms with Crippen molar-refractivity contribution in [2.45, 2.75) is 12.2 Å². The number of benzene rings is 1. The van der Waals surface area contributed by atoms with Crippen molar-refractivity contribution in [1.82, 2.24) is 9.62 Å². The van der Waals surface area contributed by atoms with Crippen molar-refractivity contribution in [3.05, 3.63) is 29.8 Å². The first-order valence-corrected chi connectivity index (χ1v) is 7.47. The molecule has 0 radical (unpaired) electrons. The Bertz CT molecular complexity index is 541. The van der Waals surface area contributed by atoms with Crippen LogP contribution in [0.1, 0.15) is 12.0 Å². The first-order valence-electron chi connectivity index (χ1n) is 5.82. The summed E-state index contributed by atoms with van der Waals surface area (Å²) in [5.41, 5.74) is 6.73. The van der Waals surface area contributed by atoms with Crippen LogP contribution < -0.4 is 10.5 Å². The molecule has 0 unspecified atom stereocenters. The van der Waals surface area contributed by atoms with Crippen LogP contribution in [0.5, 0.6) is 0 Å². The number of rotatable bonds is 6. The van der Waals surface area contributed by atoms with Crippen molar-refractivity contribution in [3.8, 4) is 0 Å². The van der Waals surface area contributed by atoms with Gasteiger partial charge in [-0.25, -0.2) is 13.1 Å². The van der Waals surface area contributed by atoms with Gasteiger partial charge in [0.25, 0.3) is 0 Å². The van der Waals surface area contributed by atoms with Gasteiger partial charge in [-0.1, -0.05) is 12.1 Å². The summed E-state index contributed by atoms with van der Waals surface area (Å²) in [6, 6.07) is 6.71. The second-order valence-electron chi connectivity index (χ2n) is 4.44. The largest absolute Gasteiger partial charge is 0.399 e. The molecule has 0 aliphatic rings. The molecule has 0 aliphatic carbocycles. The molecule has 0 heterocycles. The van der Waals surface area contributed by atoms with Crippen molar-refractivity contribution in [1.29, 1.82) is 0 Å². The molecule has 6 nitrogen and oxygen atoms in total. The Kier molecular flexibility index (Phi) is 5.31. The van der Waals surface area contributed by atoms with Crippen molar-refractivity contribution < 1.29 is 13.2 Å². The smallest absolute Gasteiger partial charge is 0.223 e. The molecule has 0 fully saturated rings. The summed E-state index contributed by atoms with van der Waals surface area (Å²) < 4.78 is 26.0. The van der Waals surface area contributed by atoms with E-state index in [1.54, 1.807) is 38.4 Å². The topological polar surface area (TPSA) is 92.5 Å². The maximum atomic E-state index is 11.8. The normalized spacial score (nSPS) is 11.3. The molecule has 0 aromatic heterocycles. The lowest BCUT2D eigenvalue weighted by Gasteiger charge is -2.11. The molecule has 0 saturated heterocycles. The van der Waals surface area contributed by atoms with Crippen LogP contribution in [-0.4, -0.2) is 39.9 Å². The SMILES string of the molecule is CN(C)C(=O)CCNS(=O)(=O)Cc1cccc(N)c1.